The smallest absolute Gasteiger partial charge is 0.0702 e. The molecule has 104 valence electrons. The molecule has 3 rings (SSSR count). The van der Waals surface area contributed by atoms with E-state index in [1.54, 1.807) is 0 Å². The van der Waals surface area contributed by atoms with Gasteiger partial charge in [-0.15, -0.1) is 0 Å². The van der Waals surface area contributed by atoms with Gasteiger partial charge in [0.15, 0.2) is 0 Å². The van der Waals surface area contributed by atoms with E-state index < -0.39 is 0 Å². The molecule has 0 bridgehead atoms. The highest BCUT2D eigenvalue weighted by Gasteiger charge is 2.37. The normalized spacial score (nSPS) is 42.5. The lowest BCUT2D eigenvalue weighted by Crippen LogP contribution is -2.49. The third kappa shape index (κ3) is 2.73. The highest BCUT2D eigenvalue weighted by molar-refractivity contribution is 4.91. The molecular formula is C15H27NO2. The van der Waals surface area contributed by atoms with Gasteiger partial charge in [-0.1, -0.05) is 12.8 Å². The number of nitrogens with zero attached hydrogens (tertiary/aromatic N) is 1. The molecule has 3 nitrogen and oxygen atoms in total. The van der Waals surface area contributed by atoms with Crippen molar-refractivity contribution < 1.29 is 9.84 Å². The number of aliphatic hydroxyl groups excluding tert-OH is 1. The van der Waals surface area contributed by atoms with Gasteiger partial charge in [0.25, 0.3) is 0 Å². The molecule has 0 aromatic rings. The van der Waals surface area contributed by atoms with Crippen molar-refractivity contribution in [3.8, 4) is 0 Å². The molecule has 0 aromatic heterocycles. The van der Waals surface area contributed by atoms with Crippen molar-refractivity contribution in [2.45, 2.75) is 69.6 Å². The van der Waals surface area contributed by atoms with E-state index in [4.69, 9.17) is 4.74 Å². The molecule has 0 spiro atoms. The third-order valence-corrected chi connectivity index (χ3v) is 5.15. The molecule has 0 amide bonds. The summed E-state index contributed by atoms with van der Waals surface area (Å²) < 4.78 is 5.79. The van der Waals surface area contributed by atoms with E-state index in [1.807, 2.05) is 0 Å². The largest absolute Gasteiger partial charge is 0.393 e. The predicted molar refractivity (Wildman–Crippen MR) is 71.5 cm³/mol. The quantitative estimate of drug-likeness (QED) is 0.837. The van der Waals surface area contributed by atoms with Crippen LogP contribution in [-0.2, 0) is 4.74 Å². The Morgan fingerprint density at radius 2 is 1.94 bits per heavy atom. The van der Waals surface area contributed by atoms with Crippen molar-refractivity contribution in [3.05, 3.63) is 0 Å². The topological polar surface area (TPSA) is 32.7 Å². The molecule has 0 radical (unpaired) electrons. The minimum absolute atomic E-state index is 0.0416. The molecule has 1 aliphatic carbocycles. The Bertz CT molecular complexity index is 265. The Hall–Kier alpha value is -0.120. The number of hydrogen-bond donors (Lipinski definition) is 1. The fourth-order valence-corrected chi connectivity index (χ4v) is 4.20. The molecular weight excluding hydrogens is 226 g/mol. The van der Waals surface area contributed by atoms with E-state index in [9.17, 15) is 5.11 Å². The summed E-state index contributed by atoms with van der Waals surface area (Å²) in [7, 11) is 0. The lowest BCUT2D eigenvalue weighted by atomic mass is 9.87. The third-order valence-electron chi connectivity index (χ3n) is 5.15. The maximum absolute atomic E-state index is 10.2. The van der Waals surface area contributed by atoms with Crippen molar-refractivity contribution in [2.24, 2.45) is 5.92 Å². The van der Waals surface area contributed by atoms with Gasteiger partial charge in [-0.05, 0) is 45.1 Å². The van der Waals surface area contributed by atoms with Crippen LogP contribution in [0.1, 0.15) is 51.4 Å². The van der Waals surface area contributed by atoms with E-state index in [-0.39, 0.29) is 6.10 Å². The minimum Gasteiger partial charge on any atom is -0.393 e. The molecule has 0 aromatic carbocycles. The summed E-state index contributed by atoms with van der Waals surface area (Å²) in [6.45, 7) is 3.27. The zero-order valence-corrected chi connectivity index (χ0v) is 11.4. The Morgan fingerprint density at radius 3 is 2.67 bits per heavy atom. The van der Waals surface area contributed by atoms with Gasteiger partial charge in [0, 0.05) is 25.1 Å². The van der Waals surface area contributed by atoms with E-state index in [1.165, 1.54) is 51.5 Å². The molecule has 2 saturated heterocycles. The lowest BCUT2D eigenvalue weighted by Gasteiger charge is -2.41. The predicted octanol–water partition coefficient (Wildman–Crippen LogP) is 2.18. The van der Waals surface area contributed by atoms with E-state index in [0.717, 1.165) is 19.6 Å². The summed E-state index contributed by atoms with van der Waals surface area (Å²) in [5.74, 6) is 0.534. The molecule has 3 aliphatic rings. The zero-order chi connectivity index (χ0) is 12.4. The van der Waals surface area contributed by atoms with E-state index >= 15 is 0 Å². The fraction of sp³-hybridized carbons (Fsp3) is 1.00. The van der Waals surface area contributed by atoms with Gasteiger partial charge in [0.1, 0.15) is 0 Å². The van der Waals surface area contributed by atoms with Gasteiger partial charge in [0.05, 0.1) is 12.2 Å². The van der Waals surface area contributed by atoms with Gasteiger partial charge in [0.2, 0.25) is 0 Å². The summed E-state index contributed by atoms with van der Waals surface area (Å²) in [5, 5.41) is 10.2. The summed E-state index contributed by atoms with van der Waals surface area (Å²) in [6, 6.07) is 0.625. The second-order valence-electron chi connectivity index (χ2n) is 6.36. The molecule has 1 saturated carbocycles. The maximum atomic E-state index is 10.2. The fourth-order valence-electron chi connectivity index (χ4n) is 4.20. The van der Waals surface area contributed by atoms with Crippen molar-refractivity contribution in [3.63, 3.8) is 0 Å². The zero-order valence-electron chi connectivity index (χ0n) is 11.4. The molecule has 3 fully saturated rings. The molecule has 1 N–H and O–H groups in total. The highest BCUT2D eigenvalue weighted by Crippen LogP contribution is 2.35. The second-order valence-corrected chi connectivity index (χ2v) is 6.36. The van der Waals surface area contributed by atoms with Crippen LogP contribution in [0, 0.1) is 5.92 Å². The second kappa shape index (κ2) is 5.89. The van der Waals surface area contributed by atoms with Crippen molar-refractivity contribution in [2.75, 3.05) is 19.7 Å². The Balaban J connectivity index is 1.61. The summed E-state index contributed by atoms with van der Waals surface area (Å²) in [4.78, 5) is 2.64. The van der Waals surface area contributed by atoms with Crippen LogP contribution >= 0.6 is 0 Å². The summed E-state index contributed by atoms with van der Waals surface area (Å²) in [5.41, 5.74) is 0. The van der Waals surface area contributed by atoms with Gasteiger partial charge in [-0.2, -0.15) is 0 Å². The molecule has 3 heteroatoms. The average Bonchev–Trinajstić information content (AvgIpc) is 3.02. The van der Waals surface area contributed by atoms with Crippen LogP contribution < -0.4 is 0 Å². The number of ether oxygens (including phenoxy) is 1. The molecule has 2 heterocycles. The van der Waals surface area contributed by atoms with Crippen LogP contribution in [-0.4, -0.2) is 48.0 Å². The number of rotatable bonds is 3. The Labute approximate surface area is 110 Å². The number of likely N-dealkylation sites (tertiary alicyclic amines) is 1. The van der Waals surface area contributed by atoms with Crippen LogP contribution in [0.2, 0.25) is 0 Å². The average molecular weight is 253 g/mol. The highest BCUT2D eigenvalue weighted by atomic mass is 16.5. The number of hydrogen-bond acceptors (Lipinski definition) is 3. The van der Waals surface area contributed by atoms with Gasteiger partial charge >= 0.3 is 0 Å². The maximum Gasteiger partial charge on any atom is 0.0702 e. The number of aliphatic hydroxyl groups is 1. The van der Waals surface area contributed by atoms with E-state index in [2.05, 4.69) is 4.90 Å². The Kier molecular flexibility index (Phi) is 4.22. The molecule has 18 heavy (non-hydrogen) atoms. The molecule has 4 unspecified atom stereocenters. The summed E-state index contributed by atoms with van der Waals surface area (Å²) in [6.07, 6.45) is 10.3. The number of piperidine rings is 1. The van der Waals surface area contributed by atoms with Crippen LogP contribution in [0.3, 0.4) is 0 Å². The minimum atomic E-state index is -0.0416. The Morgan fingerprint density at radius 1 is 1.00 bits per heavy atom. The first-order valence-electron chi connectivity index (χ1n) is 7.88. The lowest BCUT2D eigenvalue weighted by molar-refractivity contribution is 0.00175. The van der Waals surface area contributed by atoms with Crippen molar-refractivity contribution in [1.82, 2.24) is 4.90 Å². The first-order valence-corrected chi connectivity index (χ1v) is 7.88. The van der Waals surface area contributed by atoms with Crippen LogP contribution in [0.5, 0.6) is 0 Å². The molecule has 4 atom stereocenters. The standard InChI is InChI=1S/C15H27NO2/c17-15-8-3-6-13(15)14-7-1-2-9-16(14)11-12-5-4-10-18-12/h12-15,17H,1-11H2. The first-order chi connectivity index (χ1) is 8.84. The van der Waals surface area contributed by atoms with Crippen molar-refractivity contribution >= 4 is 0 Å². The first kappa shape index (κ1) is 12.9. The molecule has 2 aliphatic heterocycles. The van der Waals surface area contributed by atoms with Crippen LogP contribution in [0.15, 0.2) is 0 Å². The van der Waals surface area contributed by atoms with Gasteiger partial charge in [-0.25, -0.2) is 0 Å². The van der Waals surface area contributed by atoms with Crippen LogP contribution in [0.25, 0.3) is 0 Å². The van der Waals surface area contributed by atoms with Crippen LogP contribution in [0.4, 0.5) is 0 Å². The summed E-state index contributed by atoms with van der Waals surface area (Å²) >= 11 is 0. The van der Waals surface area contributed by atoms with Gasteiger partial charge < -0.3 is 9.84 Å². The van der Waals surface area contributed by atoms with Gasteiger partial charge in [-0.3, -0.25) is 4.90 Å². The SMILES string of the molecule is OC1CCCC1C1CCCCN1CC1CCCO1. The van der Waals surface area contributed by atoms with E-state index in [0.29, 0.717) is 18.1 Å². The monoisotopic (exact) mass is 253 g/mol. The van der Waals surface area contributed by atoms with Crippen molar-refractivity contribution in [1.29, 1.82) is 0 Å².